The fraction of sp³-hybridized carbons (Fsp3) is 0.550. The summed E-state index contributed by atoms with van der Waals surface area (Å²) in [6, 6.07) is 2.14. The molecule has 1 N–H and O–H groups in total. The smallest absolute Gasteiger partial charge is 0.368 e. The largest absolute Gasteiger partial charge is 0.420 e. The number of rotatable bonds is 6. The lowest BCUT2D eigenvalue weighted by Gasteiger charge is -2.22. The Bertz CT molecular complexity index is 1240. The predicted octanol–water partition coefficient (Wildman–Crippen LogP) is 3.80. The van der Waals surface area contributed by atoms with Crippen LogP contribution in [0.4, 0.5) is 32.0 Å². The number of nitrogens with one attached hydrogen (secondary N) is 1. The Kier molecular flexibility index (Phi) is 6.36. The van der Waals surface area contributed by atoms with Crippen LogP contribution in [0.15, 0.2) is 23.4 Å². The molecule has 15 heteroatoms. The van der Waals surface area contributed by atoms with Crippen LogP contribution < -0.4 is 5.32 Å². The standard InChI is InChI=1S/C20H20F6N4O4S/c1-35(32,33)13-8-12(4-6-27-13)28-18(31)16-14(19(21,22)23)15(10-2-3-10)29-30(16)9-11-5-7-34-17(11)20(24,25)26/h4,6,8,10-11,17H,2-3,5,7,9H2,1H3,(H,27,28,31)/t11?,17-/m0/s1. The number of amides is 1. The summed E-state index contributed by atoms with van der Waals surface area (Å²) in [5, 5.41) is 5.73. The molecule has 0 aromatic carbocycles. The van der Waals surface area contributed by atoms with E-state index in [4.69, 9.17) is 4.74 Å². The van der Waals surface area contributed by atoms with Crippen LogP contribution in [0.5, 0.6) is 0 Å². The Balaban J connectivity index is 1.75. The lowest BCUT2D eigenvalue weighted by atomic mass is 10.0. The van der Waals surface area contributed by atoms with Crippen LogP contribution in [0.3, 0.4) is 0 Å². The zero-order valence-electron chi connectivity index (χ0n) is 18.2. The van der Waals surface area contributed by atoms with Crippen molar-refractivity contribution in [3.05, 3.63) is 35.3 Å². The monoisotopic (exact) mass is 526 g/mol. The maximum absolute atomic E-state index is 14.1. The van der Waals surface area contributed by atoms with Gasteiger partial charge in [0.1, 0.15) is 11.3 Å². The maximum Gasteiger partial charge on any atom is 0.420 e. The Labute approximate surface area is 195 Å². The molecule has 1 aliphatic carbocycles. The van der Waals surface area contributed by atoms with Gasteiger partial charge in [0, 0.05) is 43.1 Å². The minimum Gasteiger partial charge on any atom is -0.368 e. The number of halogens is 6. The first-order valence-electron chi connectivity index (χ1n) is 10.5. The number of hydrogen-bond donors (Lipinski definition) is 1. The summed E-state index contributed by atoms with van der Waals surface area (Å²) in [5.41, 5.74) is -2.80. The highest BCUT2D eigenvalue weighted by atomic mass is 32.2. The number of carbonyl (C=O) groups is 1. The summed E-state index contributed by atoms with van der Waals surface area (Å²) < 4.78 is 111. The van der Waals surface area contributed by atoms with Gasteiger partial charge in [-0.05, 0) is 31.4 Å². The average Bonchev–Trinajstić information content (AvgIpc) is 3.32. The summed E-state index contributed by atoms with van der Waals surface area (Å²) in [7, 11) is -3.78. The molecule has 8 nitrogen and oxygen atoms in total. The molecule has 0 bridgehead atoms. The van der Waals surface area contributed by atoms with E-state index in [-0.39, 0.29) is 18.7 Å². The SMILES string of the molecule is CS(=O)(=O)c1cc(NC(=O)c2c(C(F)(F)F)c(C3CC3)nn2CC2CCO[C@@H]2C(F)(F)F)ccn1. The van der Waals surface area contributed by atoms with E-state index < -0.39 is 74.6 Å². The third-order valence-electron chi connectivity index (χ3n) is 5.76. The minimum atomic E-state index is -5.01. The van der Waals surface area contributed by atoms with E-state index in [1.165, 1.54) is 6.07 Å². The fourth-order valence-electron chi connectivity index (χ4n) is 4.05. The Morgan fingerprint density at radius 3 is 2.46 bits per heavy atom. The number of sulfone groups is 1. The molecule has 1 saturated carbocycles. The molecule has 1 unspecified atom stereocenters. The second-order valence-corrected chi connectivity index (χ2v) is 10.5. The maximum atomic E-state index is 14.1. The molecule has 1 amide bonds. The lowest BCUT2D eigenvalue weighted by Crippen LogP contribution is -2.36. The van der Waals surface area contributed by atoms with Gasteiger partial charge in [-0.25, -0.2) is 13.4 Å². The summed E-state index contributed by atoms with van der Waals surface area (Å²) in [6.45, 7) is -0.849. The third kappa shape index (κ3) is 5.44. The molecule has 0 spiro atoms. The van der Waals surface area contributed by atoms with Gasteiger partial charge in [0.05, 0.1) is 5.69 Å². The quantitative estimate of drug-likeness (QED) is 0.575. The normalized spacial score (nSPS) is 21.3. The van der Waals surface area contributed by atoms with Gasteiger partial charge in [0.2, 0.25) is 0 Å². The Morgan fingerprint density at radius 1 is 1.20 bits per heavy atom. The zero-order valence-corrected chi connectivity index (χ0v) is 19.0. The first-order valence-corrected chi connectivity index (χ1v) is 12.4. The van der Waals surface area contributed by atoms with Gasteiger partial charge < -0.3 is 10.1 Å². The van der Waals surface area contributed by atoms with E-state index in [0.29, 0.717) is 17.5 Å². The van der Waals surface area contributed by atoms with Crippen molar-refractivity contribution in [2.45, 2.75) is 55.2 Å². The Morgan fingerprint density at radius 2 is 1.89 bits per heavy atom. The number of pyridine rings is 1. The molecular weight excluding hydrogens is 506 g/mol. The van der Waals surface area contributed by atoms with Crippen LogP contribution in [0.25, 0.3) is 0 Å². The zero-order chi connectivity index (χ0) is 25.8. The second-order valence-electron chi connectivity index (χ2n) is 8.55. The number of ether oxygens (including phenoxy) is 1. The number of carbonyl (C=O) groups excluding carboxylic acids is 1. The van der Waals surface area contributed by atoms with Crippen LogP contribution in [-0.2, 0) is 27.3 Å². The van der Waals surface area contributed by atoms with Crippen molar-refractivity contribution in [2.75, 3.05) is 18.2 Å². The van der Waals surface area contributed by atoms with Crippen molar-refractivity contribution in [3.8, 4) is 0 Å². The summed E-state index contributed by atoms with van der Waals surface area (Å²) in [4.78, 5) is 16.7. The van der Waals surface area contributed by atoms with Crippen molar-refractivity contribution in [3.63, 3.8) is 0 Å². The van der Waals surface area contributed by atoms with Gasteiger partial charge in [0.15, 0.2) is 21.0 Å². The van der Waals surface area contributed by atoms with Crippen LogP contribution >= 0.6 is 0 Å². The van der Waals surface area contributed by atoms with Crippen LogP contribution in [0.2, 0.25) is 0 Å². The molecule has 2 atom stereocenters. The second kappa shape index (κ2) is 8.76. The first kappa shape index (κ1) is 25.4. The van der Waals surface area contributed by atoms with E-state index in [1.807, 2.05) is 0 Å². The predicted molar refractivity (Wildman–Crippen MR) is 108 cm³/mol. The van der Waals surface area contributed by atoms with Gasteiger partial charge in [0.25, 0.3) is 5.91 Å². The highest BCUT2D eigenvalue weighted by molar-refractivity contribution is 7.90. The summed E-state index contributed by atoms with van der Waals surface area (Å²) in [6.07, 6.45) is -9.29. The van der Waals surface area contributed by atoms with Gasteiger partial charge in [-0.1, -0.05) is 0 Å². The molecule has 4 rings (SSSR count). The summed E-state index contributed by atoms with van der Waals surface area (Å²) >= 11 is 0. The number of hydrogen-bond acceptors (Lipinski definition) is 6. The number of aromatic nitrogens is 3. The van der Waals surface area contributed by atoms with Gasteiger partial charge >= 0.3 is 12.4 Å². The average molecular weight is 526 g/mol. The molecule has 0 radical (unpaired) electrons. The first-order chi connectivity index (χ1) is 16.2. The van der Waals surface area contributed by atoms with Crippen molar-refractivity contribution in [1.29, 1.82) is 0 Å². The molecule has 192 valence electrons. The van der Waals surface area contributed by atoms with Gasteiger partial charge in [-0.2, -0.15) is 31.4 Å². The molecule has 2 fully saturated rings. The highest BCUT2D eigenvalue weighted by Gasteiger charge is 2.50. The number of anilines is 1. The molecular formula is C20H20F6N4O4S. The van der Waals surface area contributed by atoms with Crippen molar-refractivity contribution < 1.29 is 44.3 Å². The van der Waals surface area contributed by atoms with E-state index in [9.17, 15) is 39.6 Å². The van der Waals surface area contributed by atoms with Crippen molar-refractivity contribution >= 4 is 21.4 Å². The van der Waals surface area contributed by atoms with Crippen LogP contribution in [0.1, 0.15) is 46.9 Å². The van der Waals surface area contributed by atoms with Gasteiger partial charge in [-0.3, -0.25) is 9.48 Å². The van der Waals surface area contributed by atoms with E-state index in [1.54, 1.807) is 0 Å². The number of alkyl halides is 6. The highest BCUT2D eigenvalue weighted by Crippen LogP contribution is 2.47. The molecule has 35 heavy (non-hydrogen) atoms. The topological polar surface area (TPSA) is 103 Å². The molecule has 1 aliphatic heterocycles. The fourth-order valence-corrected chi connectivity index (χ4v) is 4.64. The van der Waals surface area contributed by atoms with Crippen LogP contribution in [-0.4, -0.2) is 54.2 Å². The van der Waals surface area contributed by atoms with E-state index >= 15 is 0 Å². The number of nitrogens with zero attached hydrogens (tertiary/aromatic N) is 3. The lowest BCUT2D eigenvalue weighted by molar-refractivity contribution is -0.217. The molecule has 2 aromatic heterocycles. The van der Waals surface area contributed by atoms with Gasteiger partial charge in [-0.15, -0.1) is 0 Å². The third-order valence-corrected chi connectivity index (χ3v) is 6.74. The van der Waals surface area contributed by atoms with E-state index in [0.717, 1.165) is 18.5 Å². The molecule has 2 aliphatic rings. The molecule has 2 aromatic rings. The van der Waals surface area contributed by atoms with Crippen molar-refractivity contribution in [2.24, 2.45) is 5.92 Å². The molecule has 3 heterocycles. The Hall–Kier alpha value is -2.68. The minimum absolute atomic E-state index is 0.0761. The van der Waals surface area contributed by atoms with Crippen molar-refractivity contribution in [1.82, 2.24) is 14.8 Å². The summed E-state index contributed by atoms with van der Waals surface area (Å²) in [5.74, 6) is -3.09. The van der Waals surface area contributed by atoms with E-state index in [2.05, 4.69) is 15.4 Å². The molecule has 1 saturated heterocycles. The van der Waals surface area contributed by atoms with Crippen LogP contribution in [0, 0.1) is 5.92 Å².